The minimum Gasteiger partial charge on any atom is -0.491 e. The molecule has 142 valence electrons. The van der Waals surface area contributed by atoms with Crippen molar-refractivity contribution in [2.45, 2.75) is 35.8 Å². The van der Waals surface area contributed by atoms with Crippen LogP contribution in [0.1, 0.15) is 35.2 Å². The molecule has 3 nitrogen and oxygen atoms in total. The number of nitrogens with one attached hydrogen (secondary N) is 1. The highest BCUT2D eigenvalue weighted by atomic mass is 79.9. The summed E-state index contributed by atoms with van der Waals surface area (Å²) in [6.07, 6.45) is 3.80. The number of rotatable bonds is 4. The van der Waals surface area contributed by atoms with Crippen LogP contribution in [0.5, 0.6) is 5.75 Å². The van der Waals surface area contributed by atoms with Crippen LogP contribution in [-0.4, -0.2) is 36.8 Å². The Morgan fingerprint density at radius 2 is 1.89 bits per heavy atom. The summed E-state index contributed by atoms with van der Waals surface area (Å²) in [5.41, 5.74) is 1.80. The number of thioether (sulfide) groups is 1. The van der Waals surface area contributed by atoms with Crippen LogP contribution >= 0.6 is 27.7 Å². The van der Waals surface area contributed by atoms with Gasteiger partial charge in [-0.2, -0.15) is 0 Å². The van der Waals surface area contributed by atoms with Gasteiger partial charge in [-0.15, -0.1) is 11.8 Å². The fourth-order valence-electron chi connectivity index (χ4n) is 4.05. The third-order valence-corrected chi connectivity index (χ3v) is 7.73. The molecular weight excluding hydrogens is 422 g/mol. The van der Waals surface area contributed by atoms with Crippen molar-refractivity contribution in [3.63, 3.8) is 0 Å². The number of ether oxygens (including phenoxy) is 1. The molecule has 2 aliphatic rings. The van der Waals surface area contributed by atoms with Gasteiger partial charge in [-0.05, 0) is 56.0 Å². The molecule has 4 rings (SSSR count). The minimum atomic E-state index is -0.574. The predicted molar refractivity (Wildman–Crippen MR) is 113 cm³/mol. The number of halogens is 1. The molecule has 5 heteroatoms. The molecule has 2 heterocycles. The van der Waals surface area contributed by atoms with E-state index in [4.69, 9.17) is 4.74 Å². The summed E-state index contributed by atoms with van der Waals surface area (Å²) < 4.78 is 6.57. The zero-order chi connectivity index (χ0) is 18.9. The molecule has 0 aromatic heterocycles. The first-order chi connectivity index (χ1) is 13.1. The number of carbonyl (C=O) groups is 1. The Morgan fingerprint density at radius 3 is 2.63 bits per heavy atom. The number of likely N-dealkylation sites (tertiary alicyclic amines) is 1. The Balaban J connectivity index is 1.70. The van der Waals surface area contributed by atoms with Gasteiger partial charge in [0.15, 0.2) is 10.5 Å². The van der Waals surface area contributed by atoms with Crippen molar-refractivity contribution in [1.82, 2.24) is 0 Å². The first-order valence-electron chi connectivity index (χ1n) is 9.63. The van der Waals surface area contributed by atoms with E-state index >= 15 is 0 Å². The molecule has 1 unspecified atom stereocenters. The molecule has 0 aliphatic carbocycles. The second-order valence-electron chi connectivity index (χ2n) is 7.61. The molecule has 27 heavy (non-hydrogen) atoms. The summed E-state index contributed by atoms with van der Waals surface area (Å²) in [6.45, 7) is 5.57. The third kappa shape index (κ3) is 3.96. The van der Waals surface area contributed by atoms with Crippen LogP contribution < -0.4 is 9.64 Å². The van der Waals surface area contributed by atoms with Gasteiger partial charge in [0.1, 0.15) is 18.9 Å². The summed E-state index contributed by atoms with van der Waals surface area (Å²) in [4.78, 5) is 16.4. The lowest BCUT2D eigenvalue weighted by atomic mass is 9.92. The number of hydrogen-bond acceptors (Lipinski definition) is 3. The fraction of sp³-hybridized carbons (Fsp3) is 0.409. The predicted octanol–water partition coefficient (Wildman–Crippen LogP) is 3.93. The standard InChI is InChI=1S/C22H24BrNO2S/c1-16-12-20-18(13-19(16)23)21(25)22(15-26-20,14-24-10-6-3-7-11-24)27-17-8-4-2-5-9-17/h2,4-5,8-9,12-13H,3,6-7,10-11,14-15H2,1H3/p+1. The molecule has 0 spiro atoms. The Labute approximate surface area is 173 Å². The quantitative estimate of drug-likeness (QED) is 0.771. The third-order valence-electron chi connectivity index (χ3n) is 5.53. The van der Waals surface area contributed by atoms with Crippen molar-refractivity contribution < 1.29 is 14.4 Å². The topological polar surface area (TPSA) is 30.7 Å². The molecule has 2 aromatic rings. The normalized spacial score (nSPS) is 23.0. The second kappa shape index (κ2) is 7.98. The Morgan fingerprint density at radius 1 is 1.15 bits per heavy atom. The number of benzene rings is 2. The van der Waals surface area contributed by atoms with E-state index in [0.717, 1.165) is 40.3 Å². The number of carbonyl (C=O) groups excluding carboxylic acids is 1. The van der Waals surface area contributed by atoms with Gasteiger partial charge in [0.2, 0.25) is 0 Å². The first-order valence-corrected chi connectivity index (χ1v) is 11.2. The molecule has 0 amide bonds. The molecule has 0 saturated carbocycles. The number of quaternary nitrogens is 1. The van der Waals surface area contributed by atoms with E-state index in [2.05, 4.69) is 28.1 Å². The van der Waals surface area contributed by atoms with Crippen molar-refractivity contribution in [1.29, 1.82) is 0 Å². The molecule has 0 radical (unpaired) electrons. The van der Waals surface area contributed by atoms with Crippen molar-refractivity contribution >= 4 is 33.5 Å². The molecule has 1 atom stereocenters. The van der Waals surface area contributed by atoms with E-state index in [-0.39, 0.29) is 5.78 Å². The van der Waals surface area contributed by atoms with E-state index in [1.807, 2.05) is 37.3 Å². The van der Waals surface area contributed by atoms with Gasteiger partial charge in [-0.3, -0.25) is 4.79 Å². The number of hydrogen-bond donors (Lipinski definition) is 1. The summed E-state index contributed by atoms with van der Waals surface area (Å²) in [6, 6.07) is 14.2. The number of piperidine rings is 1. The molecule has 0 bridgehead atoms. The smallest absolute Gasteiger partial charge is 0.192 e. The monoisotopic (exact) mass is 446 g/mol. The van der Waals surface area contributed by atoms with E-state index < -0.39 is 4.75 Å². The Kier molecular flexibility index (Phi) is 5.62. The van der Waals surface area contributed by atoms with Crippen LogP contribution in [0.25, 0.3) is 0 Å². The van der Waals surface area contributed by atoms with Crippen molar-refractivity contribution in [2.75, 3.05) is 26.2 Å². The molecule has 2 aromatic carbocycles. The molecule has 1 fully saturated rings. The average Bonchev–Trinajstić information content (AvgIpc) is 2.68. The highest BCUT2D eigenvalue weighted by Crippen LogP contribution is 2.42. The maximum absolute atomic E-state index is 13.7. The SMILES string of the molecule is Cc1cc2c(cc1Br)C(=O)C(C[NH+]1CCCCC1)(Sc1ccccc1)CO2. The van der Waals surface area contributed by atoms with Gasteiger partial charge in [-0.25, -0.2) is 0 Å². The van der Waals surface area contributed by atoms with Crippen LogP contribution in [0.2, 0.25) is 0 Å². The van der Waals surface area contributed by atoms with Crippen LogP contribution in [0, 0.1) is 6.92 Å². The van der Waals surface area contributed by atoms with E-state index in [0.29, 0.717) is 12.2 Å². The summed E-state index contributed by atoms with van der Waals surface area (Å²) in [5.74, 6) is 0.926. The molecule has 2 aliphatic heterocycles. The average molecular weight is 447 g/mol. The van der Waals surface area contributed by atoms with Gasteiger partial charge in [0.05, 0.1) is 18.7 Å². The zero-order valence-electron chi connectivity index (χ0n) is 15.6. The van der Waals surface area contributed by atoms with Crippen LogP contribution in [-0.2, 0) is 0 Å². The van der Waals surface area contributed by atoms with Crippen molar-refractivity contribution in [2.24, 2.45) is 0 Å². The van der Waals surface area contributed by atoms with E-state index in [1.54, 1.807) is 11.8 Å². The first kappa shape index (κ1) is 19.0. The van der Waals surface area contributed by atoms with E-state index in [1.165, 1.54) is 24.2 Å². The summed E-state index contributed by atoms with van der Waals surface area (Å²) in [7, 11) is 0. The lowest BCUT2D eigenvalue weighted by Gasteiger charge is -2.38. The zero-order valence-corrected chi connectivity index (χ0v) is 18.0. The number of fused-ring (bicyclic) bond motifs is 1. The highest BCUT2D eigenvalue weighted by Gasteiger charge is 2.48. The highest BCUT2D eigenvalue weighted by molar-refractivity contribution is 9.10. The lowest BCUT2D eigenvalue weighted by Crippen LogP contribution is -3.15. The maximum Gasteiger partial charge on any atom is 0.192 e. The summed E-state index contributed by atoms with van der Waals surface area (Å²) in [5, 5.41) is 0. The largest absolute Gasteiger partial charge is 0.491 e. The second-order valence-corrected chi connectivity index (χ2v) is 9.92. The Bertz CT molecular complexity index is 836. The van der Waals surface area contributed by atoms with Crippen LogP contribution in [0.3, 0.4) is 0 Å². The van der Waals surface area contributed by atoms with Crippen molar-refractivity contribution in [3.8, 4) is 5.75 Å². The van der Waals surface area contributed by atoms with Crippen LogP contribution in [0.4, 0.5) is 0 Å². The number of Topliss-reactive ketones (excluding diaryl/α,β-unsaturated/α-hetero) is 1. The molecular formula is C22H25BrNO2S+. The summed E-state index contributed by atoms with van der Waals surface area (Å²) >= 11 is 5.26. The molecule has 1 saturated heterocycles. The number of aryl methyl sites for hydroxylation is 1. The lowest BCUT2D eigenvalue weighted by molar-refractivity contribution is -0.905. The van der Waals surface area contributed by atoms with Gasteiger partial charge in [-0.1, -0.05) is 34.1 Å². The number of ketones is 1. The van der Waals surface area contributed by atoms with Gasteiger partial charge >= 0.3 is 0 Å². The fourth-order valence-corrected chi connectivity index (χ4v) is 5.73. The molecule has 1 N–H and O–H groups in total. The van der Waals surface area contributed by atoms with Crippen LogP contribution in [0.15, 0.2) is 51.8 Å². The Hall–Kier alpha value is -1.30. The van der Waals surface area contributed by atoms with Gasteiger partial charge in [0, 0.05) is 9.37 Å². The maximum atomic E-state index is 13.7. The van der Waals surface area contributed by atoms with Crippen molar-refractivity contribution in [3.05, 3.63) is 58.1 Å². The minimum absolute atomic E-state index is 0.205. The van der Waals surface area contributed by atoms with Gasteiger partial charge < -0.3 is 9.64 Å². The van der Waals surface area contributed by atoms with E-state index in [9.17, 15) is 4.79 Å². The van der Waals surface area contributed by atoms with Gasteiger partial charge in [0.25, 0.3) is 0 Å².